The van der Waals surface area contributed by atoms with Crippen LogP contribution in [0.5, 0.6) is 5.75 Å². The van der Waals surface area contributed by atoms with Gasteiger partial charge in [-0.1, -0.05) is 0 Å². The minimum Gasteiger partial charge on any atom is -0.484 e. The monoisotopic (exact) mass is 288 g/mol. The van der Waals surface area contributed by atoms with Gasteiger partial charge < -0.3 is 14.2 Å². The molecule has 0 amide bonds. The lowest BCUT2D eigenvalue weighted by atomic mass is 10.2. The number of aromatic nitrogens is 2. The van der Waals surface area contributed by atoms with Gasteiger partial charge in [0.1, 0.15) is 17.4 Å². The molecule has 0 spiro atoms. The number of ether oxygens (including phenoxy) is 3. The summed E-state index contributed by atoms with van der Waals surface area (Å²) < 4.78 is 17.8. The molecule has 6 nitrogen and oxygen atoms in total. The van der Waals surface area contributed by atoms with E-state index in [4.69, 9.17) is 14.2 Å². The summed E-state index contributed by atoms with van der Waals surface area (Å²) in [7, 11) is 1.38. The molecule has 0 unspecified atom stereocenters. The fourth-order valence-corrected chi connectivity index (χ4v) is 2.61. The SMILES string of the molecule is COC(=O)c1cnn2c(C3CC3)c(OC3COC3)ccc12. The second-order valence-corrected chi connectivity index (χ2v) is 5.48. The zero-order valence-corrected chi connectivity index (χ0v) is 11.7. The minimum atomic E-state index is -0.368. The minimum absolute atomic E-state index is 0.121. The number of rotatable bonds is 4. The molecule has 0 bridgehead atoms. The Morgan fingerprint density at radius 1 is 1.38 bits per heavy atom. The number of esters is 1. The first-order valence-corrected chi connectivity index (χ1v) is 7.11. The van der Waals surface area contributed by atoms with Gasteiger partial charge in [0.15, 0.2) is 0 Å². The van der Waals surface area contributed by atoms with Gasteiger partial charge in [0.2, 0.25) is 0 Å². The molecule has 2 aliphatic rings. The zero-order chi connectivity index (χ0) is 14.4. The molecule has 110 valence electrons. The maximum absolute atomic E-state index is 11.8. The van der Waals surface area contributed by atoms with Gasteiger partial charge in [0, 0.05) is 5.92 Å². The number of carbonyl (C=O) groups is 1. The summed E-state index contributed by atoms with van der Waals surface area (Å²) in [6, 6.07) is 3.79. The number of hydrogen-bond acceptors (Lipinski definition) is 5. The molecule has 3 heterocycles. The van der Waals surface area contributed by atoms with Crippen molar-refractivity contribution in [3.8, 4) is 5.75 Å². The van der Waals surface area contributed by atoms with Crippen LogP contribution in [0.25, 0.3) is 5.52 Å². The van der Waals surface area contributed by atoms with Crippen molar-refractivity contribution < 1.29 is 19.0 Å². The van der Waals surface area contributed by atoms with Crippen LogP contribution in [0, 0.1) is 0 Å². The smallest absolute Gasteiger partial charge is 0.341 e. The van der Waals surface area contributed by atoms with Crippen LogP contribution in [0.1, 0.15) is 34.8 Å². The predicted octanol–water partition coefficient (Wildman–Crippen LogP) is 1.78. The van der Waals surface area contributed by atoms with Crippen LogP contribution < -0.4 is 4.74 Å². The normalized spacial score (nSPS) is 18.5. The average Bonchev–Trinajstić information content (AvgIpc) is 3.20. The number of methoxy groups -OCH3 is 1. The lowest BCUT2D eigenvalue weighted by Crippen LogP contribution is -2.38. The number of carbonyl (C=O) groups excluding carboxylic acids is 1. The third-order valence-corrected chi connectivity index (χ3v) is 3.95. The first-order valence-electron chi connectivity index (χ1n) is 7.11. The molecule has 1 aliphatic heterocycles. The summed E-state index contributed by atoms with van der Waals surface area (Å²) in [6.45, 7) is 1.27. The van der Waals surface area contributed by atoms with E-state index in [1.807, 2.05) is 16.6 Å². The Kier molecular flexibility index (Phi) is 2.85. The molecule has 2 aromatic rings. The predicted molar refractivity (Wildman–Crippen MR) is 73.7 cm³/mol. The van der Waals surface area contributed by atoms with Crippen LogP contribution in [0.4, 0.5) is 0 Å². The van der Waals surface area contributed by atoms with Gasteiger partial charge in [0.25, 0.3) is 0 Å². The van der Waals surface area contributed by atoms with Crippen LogP contribution in [0.2, 0.25) is 0 Å². The Hall–Kier alpha value is -2.08. The largest absolute Gasteiger partial charge is 0.484 e. The van der Waals surface area contributed by atoms with Gasteiger partial charge in [-0.15, -0.1) is 0 Å². The van der Waals surface area contributed by atoms with Gasteiger partial charge >= 0.3 is 5.97 Å². The Bertz CT molecular complexity index is 701. The molecular weight excluding hydrogens is 272 g/mol. The van der Waals surface area contributed by atoms with Crippen molar-refractivity contribution in [3.63, 3.8) is 0 Å². The third kappa shape index (κ3) is 2.06. The van der Waals surface area contributed by atoms with E-state index in [1.54, 1.807) is 6.20 Å². The Morgan fingerprint density at radius 3 is 2.81 bits per heavy atom. The highest BCUT2D eigenvalue weighted by atomic mass is 16.6. The Morgan fingerprint density at radius 2 is 2.19 bits per heavy atom. The van der Waals surface area contributed by atoms with E-state index in [1.165, 1.54) is 7.11 Å². The topological polar surface area (TPSA) is 62.1 Å². The van der Waals surface area contributed by atoms with Crippen molar-refractivity contribution in [2.45, 2.75) is 24.9 Å². The molecule has 2 fully saturated rings. The Balaban J connectivity index is 1.80. The molecule has 0 radical (unpaired) electrons. The molecular formula is C15H16N2O4. The standard InChI is InChI=1S/C15H16N2O4/c1-19-15(18)11-6-16-17-12(11)4-5-13(14(17)9-2-3-9)21-10-7-20-8-10/h4-6,9-10H,2-3,7-8H2,1H3. The van der Waals surface area contributed by atoms with Gasteiger partial charge in [-0.05, 0) is 25.0 Å². The van der Waals surface area contributed by atoms with Crippen LogP contribution >= 0.6 is 0 Å². The quantitative estimate of drug-likeness (QED) is 0.802. The first-order chi connectivity index (χ1) is 10.3. The van der Waals surface area contributed by atoms with Crippen molar-refractivity contribution in [2.75, 3.05) is 20.3 Å². The molecule has 1 saturated carbocycles. The molecule has 4 rings (SSSR count). The van der Waals surface area contributed by atoms with Gasteiger partial charge in [-0.3, -0.25) is 0 Å². The summed E-state index contributed by atoms with van der Waals surface area (Å²) in [5.74, 6) is 0.931. The molecule has 6 heteroatoms. The van der Waals surface area contributed by atoms with E-state index in [2.05, 4.69) is 5.10 Å². The summed E-state index contributed by atoms with van der Waals surface area (Å²) in [4.78, 5) is 11.8. The highest BCUT2D eigenvalue weighted by Gasteiger charge is 2.32. The van der Waals surface area contributed by atoms with Gasteiger partial charge in [-0.2, -0.15) is 5.10 Å². The molecule has 21 heavy (non-hydrogen) atoms. The van der Waals surface area contributed by atoms with Crippen LogP contribution in [0.15, 0.2) is 18.3 Å². The second-order valence-electron chi connectivity index (χ2n) is 5.48. The lowest BCUT2D eigenvalue weighted by molar-refractivity contribution is -0.0801. The highest BCUT2D eigenvalue weighted by molar-refractivity contribution is 5.96. The zero-order valence-electron chi connectivity index (χ0n) is 11.7. The first kappa shape index (κ1) is 12.6. The van der Waals surface area contributed by atoms with Crippen molar-refractivity contribution >= 4 is 11.5 Å². The molecule has 1 aliphatic carbocycles. The number of fused-ring (bicyclic) bond motifs is 1. The molecule has 2 aromatic heterocycles. The maximum atomic E-state index is 11.8. The van der Waals surface area contributed by atoms with Crippen molar-refractivity contribution in [1.82, 2.24) is 9.61 Å². The highest BCUT2D eigenvalue weighted by Crippen LogP contribution is 2.45. The number of pyridine rings is 1. The summed E-state index contributed by atoms with van der Waals surface area (Å²) in [6.07, 6.45) is 3.94. The molecule has 0 atom stereocenters. The van der Waals surface area contributed by atoms with E-state index < -0.39 is 0 Å². The Labute approximate surface area is 121 Å². The lowest BCUT2D eigenvalue weighted by Gasteiger charge is -2.27. The number of hydrogen-bond donors (Lipinski definition) is 0. The van der Waals surface area contributed by atoms with Crippen LogP contribution in [0.3, 0.4) is 0 Å². The molecule has 0 N–H and O–H groups in total. The number of nitrogens with zero attached hydrogens (tertiary/aromatic N) is 2. The molecule has 1 saturated heterocycles. The summed E-state index contributed by atoms with van der Waals surface area (Å²) >= 11 is 0. The fraction of sp³-hybridized carbons (Fsp3) is 0.467. The average molecular weight is 288 g/mol. The summed E-state index contributed by atoms with van der Waals surface area (Å²) in [5, 5.41) is 4.37. The van der Waals surface area contributed by atoms with E-state index in [-0.39, 0.29) is 12.1 Å². The summed E-state index contributed by atoms with van der Waals surface area (Å²) in [5.41, 5.74) is 2.30. The van der Waals surface area contributed by atoms with E-state index in [0.717, 1.165) is 29.8 Å². The van der Waals surface area contributed by atoms with Crippen molar-refractivity contribution in [3.05, 3.63) is 29.6 Å². The van der Waals surface area contributed by atoms with E-state index in [0.29, 0.717) is 24.7 Å². The third-order valence-electron chi connectivity index (χ3n) is 3.95. The van der Waals surface area contributed by atoms with E-state index in [9.17, 15) is 4.79 Å². The van der Waals surface area contributed by atoms with Crippen molar-refractivity contribution in [2.24, 2.45) is 0 Å². The van der Waals surface area contributed by atoms with E-state index >= 15 is 0 Å². The van der Waals surface area contributed by atoms with Crippen molar-refractivity contribution in [1.29, 1.82) is 0 Å². The van der Waals surface area contributed by atoms with Gasteiger partial charge in [0.05, 0.1) is 37.7 Å². The second kappa shape index (κ2) is 4.73. The fourth-order valence-electron chi connectivity index (χ4n) is 2.61. The molecule has 0 aromatic carbocycles. The van der Waals surface area contributed by atoms with Crippen LogP contribution in [-0.2, 0) is 9.47 Å². The maximum Gasteiger partial charge on any atom is 0.341 e. The van der Waals surface area contributed by atoms with Gasteiger partial charge in [-0.25, -0.2) is 9.31 Å². The van der Waals surface area contributed by atoms with Crippen LogP contribution in [-0.4, -0.2) is 42.0 Å².